The number of amides is 1. The van der Waals surface area contributed by atoms with Gasteiger partial charge >= 0.3 is 0 Å². The summed E-state index contributed by atoms with van der Waals surface area (Å²) in [7, 11) is -3.22. The fraction of sp³-hybridized carbons (Fsp3) is 0.929. The van der Waals surface area contributed by atoms with E-state index in [0.717, 1.165) is 39.3 Å². The molecule has 0 aliphatic carbocycles. The molecular weight excluding hydrogens is 306 g/mol. The Balaban J connectivity index is 2.30. The summed E-state index contributed by atoms with van der Waals surface area (Å²) < 4.78 is 31.3. The predicted molar refractivity (Wildman–Crippen MR) is 86.2 cm³/mol. The molecule has 0 aromatic rings. The molecule has 130 valence electrons. The molecule has 0 saturated carbocycles. The van der Waals surface area contributed by atoms with E-state index in [0.29, 0.717) is 19.5 Å². The molecule has 0 radical (unpaired) electrons. The lowest BCUT2D eigenvalue weighted by atomic mass is 10.3. The van der Waals surface area contributed by atoms with Gasteiger partial charge in [0, 0.05) is 46.2 Å². The Labute approximate surface area is 134 Å². The van der Waals surface area contributed by atoms with Gasteiger partial charge in [-0.3, -0.25) is 9.69 Å². The maximum Gasteiger partial charge on any atom is 0.219 e. The van der Waals surface area contributed by atoms with Crippen LogP contribution in [0.5, 0.6) is 0 Å². The Morgan fingerprint density at radius 3 is 2.55 bits per heavy atom. The van der Waals surface area contributed by atoms with E-state index in [4.69, 9.17) is 4.74 Å². The maximum atomic E-state index is 11.7. The van der Waals surface area contributed by atoms with Crippen LogP contribution in [0, 0.1) is 0 Å². The maximum absolute atomic E-state index is 11.7. The molecule has 22 heavy (non-hydrogen) atoms. The van der Waals surface area contributed by atoms with E-state index in [1.165, 1.54) is 6.92 Å². The molecule has 7 nitrogen and oxygen atoms in total. The van der Waals surface area contributed by atoms with Crippen LogP contribution in [0.25, 0.3) is 0 Å². The lowest BCUT2D eigenvalue weighted by Gasteiger charge is -2.29. The summed E-state index contributed by atoms with van der Waals surface area (Å²) >= 11 is 0. The Bertz CT molecular complexity index is 422. The SMILES string of the molecule is CCCCS(=O)(=O)NCCN(CCN1CCOCC1)C(C)=O. The zero-order valence-corrected chi connectivity index (χ0v) is 14.5. The fourth-order valence-corrected chi connectivity index (χ4v) is 3.47. The van der Waals surface area contributed by atoms with Crippen molar-refractivity contribution in [2.45, 2.75) is 26.7 Å². The Morgan fingerprint density at radius 2 is 1.95 bits per heavy atom. The van der Waals surface area contributed by atoms with E-state index in [1.54, 1.807) is 4.90 Å². The van der Waals surface area contributed by atoms with Crippen LogP contribution in [-0.2, 0) is 19.6 Å². The minimum absolute atomic E-state index is 0.0268. The molecule has 1 saturated heterocycles. The quantitative estimate of drug-likeness (QED) is 0.602. The van der Waals surface area contributed by atoms with Crippen LogP contribution in [0.2, 0.25) is 0 Å². The number of hydrogen-bond donors (Lipinski definition) is 1. The van der Waals surface area contributed by atoms with Crippen molar-refractivity contribution < 1.29 is 17.9 Å². The van der Waals surface area contributed by atoms with Gasteiger partial charge in [-0.05, 0) is 6.42 Å². The number of ether oxygens (including phenoxy) is 1. The van der Waals surface area contributed by atoms with Gasteiger partial charge in [0.15, 0.2) is 0 Å². The second-order valence-electron chi connectivity index (χ2n) is 5.53. The normalized spacial score (nSPS) is 16.6. The minimum Gasteiger partial charge on any atom is -0.379 e. The molecule has 0 unspecified atom stereocenters. The van der Waals surface area contributed by atoms with Crippen molar-refractivity contribution in [3.63, 3.8) is 0 Å². The zero-order valence-electron chi connectivity index (χ0n) is 13.7. The van der Waals surface area contributed by atoms with Crippen LogP contribution in [0.15, 0.2) is 0 Å². The lowest BCUT2D eigenvalue weighted by Crippen LogP contribution is -2.44. The Hall–Kier alpha value is -0.700. The summed E-state index contributed by atoms with van der Waals surface area (Å²) in [6, 6.07) is 0. The number of hydrogen-bond acceptors (Lipinski definition) is 5. The molecule has 8 heteroatoms. The van der Waals surface area contributed by atoms with Crippen molar-refractivity contribution in [2.24, 2.45) is 0 Å². The van der Waals surface area contributed by atoms with Gasteiger partial charge in [-0.15, -0.1) is 0 Å². The molecule has 0 spiro atoms. The largest absolute Gasteiger partial charge is 0.379 e. The third kappa shape index (κ3) is 8.07. The third-order valence-corrected chi connectivity index (χ3v) is 5.18. The molecule has 1 fully saturated rings. The molecule has 1 aliphatic heterocycles. The summed E-state index contributed by atoms with van der Waals surface area (Å²) in [5, 5.41) is 0. The molecule has 0 aromatic heterocycles. The van der Waals surface area contributed by atoms with Gasteiger partial charge in [0.2, 0.25) is 15.9 Å². The van der Waals surface area contributed by atoms with Gasteiger partial charge in [0.05, 0.1) is 19.0 Å². The minimum atomic E-state index is -3.22. The number of morpholine rings is 1. The highest BCUT2D eigenvalue weighted by molar-refractivity contribution is 7.89. The number of nitrogens with zero attached hydrogens (tertiary/aromatic N) is 2. The number of carbonyl (C=O) groups is 1. The molecule has 1 heterocycles. The number of carbonyl (C=O) groups excluding carboxylic acids is 1. The van der Waals surface area contributed by atoms with Crippen molar-refractivity contribution in [3.05, 3.63) is 0 Å². The van der Waals surface area contributed by atoms with Crippen LogP contribution < -0.4 is 4.72 Å². The summed E-state index contributed by atoms with van der Waals surface area (Å²) in [5.74, 6) is 0.123. The first-order chi connectivity index (χ1) is 10.4. The van der Waals surface area contributed by atoms with Gasteiger partial charge in [-0.1, -0.05) is 13.3 Å². The van der Waals surface area contributed by atoms with E-state index < -0.39 is 10.0 Å². The number of unbranched alkanes of at least 4 members (excludes halogenated alkanes) is 1. The van der Waals surface area contributed by atoms with E-state index in [2.05, 4.69) is 9.62 Å². The molecule has 1 N–H and O–H groups in total. The van der Waals surface area contributed by atoms with Crippen LogP contribution in [0.3, 0.4) is 0 Å². The highest BCUT2D eigenvalue weighted by Gasteiger charge is 2.15. The van der Waals surface area contributed by atoms with Gasteiger partial charge in [-0.2, -0.15) is 0 Å². The van der Waals surface area contributed by atoms with Gasteiger partial charge in [0.25, 0.3) is 0 Å². The molecule has 0 aromatic carbocycles. The van der Waals surface area contributed by atoms with E-state index in [9.17, 15) is 13.2 Å². The summed E-state index contributed by atoms with van der Waals surface area (Å²) in [4.78, 5) is 15.6. The first kappa shape index (κ1) is 19.3. The van der Waals surface area contributed by atoms with Crippen LogP contribution in [-0.4, -0.2) is 82.4 Å². The van der Waals surface area contributed by atoms with Crippen molar-refractivity contribution in [1.82, 2.24) is 14.5 Å². The van der Waals surface area contributed by atoms with Gasteiger partial charge in [-0.25, -0.2) is 13.1 Å². The number of nitrogens with one attached hydrogen (secondary N) is 1. The van der Waals surface area contributed by atoms with Crippen molar-refractivity contribution >= 4 is 15.9 Å². The highest BCUT2D eigenvalue weighted by atomic mass is 32.2. The molecule has 1 aliphatic rings. The standard InChI is InChI=1S/C14H29N3O4S/c1-3-4-13-22(19,20)15-5-6-17(14(2)18)8-7-16-9-11-21-12-10-16/h15H,3-13H2,1-2H3. The number of rotatable bonds is 10. The molecular formula is C14H29N3O4S. The summed E-state index contributed by atoms with van der Waals surface area (Å²) in [6.07, 6.45) is 1.50. The fourth-order valence-electron chi connectivity index (χ4n) is 2.26. The van der Waals surface area contributed by atoms with Crippen molar-refractivity contribution in [1.29, 1.82) is 0 Å². The number of sulfonamides is 1. The first-order valence-electron chi connectivity index (χ1n) is 7.97. The smallest absolute Gasteiger partial charge is 0.219 e. The van der Waals surface area contributed by atoms with Gasteiger partial charge < -0.3 is 9.64 Å². The molecule has 0 atom stereocenters. The van der Waals surface area contributed by atoms with Gasteiger partial charge in [0.1, 0.15) is 0 Å². The molecule has 1 rings (SSSR count). The van der Waals surface area contributed by atoms with Crippen molar-refractivity contribution in [2.75, 3.05) is 58.2 Å². The Kier molecular flexibility index (Phi) is 8.92. The molecule has 0 bridgehead atoms. The highest BCUT2D eigenvalue weighted by Crippen LogP contribution is 1.99. The van der Waals surface area contributed by atoms with Crippen molar-refractivity contribution in [3.8, 4) is 0 Å². The summed E-state index contributed by atoms with van der Waals surface area (Å²) in [5.41, 5.74) is 0. The van der Waals surface area contributed by atoms with E-state index in [-0.39, 0.29) is 18.2 Å². The lowest BCUT2D eigenvalue weighted by molar-refractivity contribution is -0.129. The van der Waals surface area contributed by atoms with Crippen LogP contribution in [0.4, 0.5) is 0 Å². The third-order valence-electron chi connectivity index (χ3n) is 3.71. The van der Waals surface area contributed by atoms with E-state index >= 15 is 0 Å². The average molecular weight is 335 g/mol. The monoisotopic (exact) mass is 335 g/mol. The predicted octanol–water partition coefficient (Wildman–Crippen LogP) is -0.113. The summed E-state index contributed by atoms with van der Waals surface area (Å²) in [6.45, 7) is 8.81. The topological polar surface area (TPSA) is 79.0 Å². The second kappa shape index (κ2) is 10.1. The Morgan fingerprint density at radius 1 is 1.27 bits per heavy atom. The van der Waals surface area contributed by atoms with Crippen LogP contribution in [0.1, 0.15) is 26.7 Å². The zero-order chi connectivity index (χ0) is 16.4. The second-order valence-corrected chi connectivity index (χ2v) is 7.45. The van der Waals surface area contributed by atoms with E-state index in [1.807, 2.05) is 6.92 Å². The molecule has 1 amide bonds. The van der Waals surface area contributed by atoms with Crippen LogP contribution >= 0.6 is 0 Å². The average Bonchev–Trinajstić information content (AvgIpc) is 2.49. The first-order valence-corrected chi connectivity index (χ1v) is 9.63.